The summed E-state index contributed by atoms with van der Waals surface area (Å²) in [6.07, 6.45) is 24.3. The molecule has 0 spiro atoms. The van der Waals surface area contributed by atoms with Crippen LogP contribution in [0.5, 0.6) is 0 Å². The van der Waals surface area contributed by atoms with Gasteiger partial charge in [0.1, 0.15) is 0 Å². The lowest BCUT2D eigenvalue weighted by Crippen LogP contribution is -2.27. The van der Waals surface area contributed by atoms with Crippen molar-refractivity contribution in [2.75, 3.05) is 12.4 Å². The molecule has 2 unspecified atom stereocenters. The van der Waals surface area contributed by atoms with Gasteiger partial charge in [-0.05, 0) is 72.6 Å². The topological polar surface area (TPSA) is 58.6 Å². The fourth-order valence-corrected chi connectivity index (χ4v) is 6.59. The number of hydrogen-bond acceptors (Lipinski definition) is 6. The summed E-state index contributed by atoms with van der Waals surface area (Å²) in [5, 5.41) is 12.3. The molecule has 192 valence electrons. The molecule has 6 heteroatoms. The number of unbranched alkanes of at least 4 members (excludes halogenated alkanes) is 1. The second-order valence-electron chi connectivity index (χ2n) is 8.60. The number of allylic oxidation sites excluding steroid dienone is 9. The first kappa shape index (κ1) is 29.4. The number of thiophene rings is 1. The Morgan fingerprint density at radius 2 is 2.14 bits per heavy atom. The Kier molecular flexibility index (Phi) is 14.1. The molecule has 0 amide bonds. The number of esters is 1. The zero-order valence-electron chi connectivity index (χ0n) is 21.6. The molecule has 3 rings (SSSR count). The third-order valence-corrected chi connectivity index (χ3v) is 8.25. The maximum absolute atomic E-state index is 9.95. The molecule has 35 heavy (non-hydrogen) atoms. The molecule has 2 N–H and O–H groups in total. The van der Waals surface area contributed by atoms with E-state index in [1.54, 1.807) is 6.92 Å². The van der Waals surface area contributed by atoms with Crippen molar-refractivity contribution in [3.63, 3.8) is 0 Å². The number of carbonyl (C=O) groups excluding carboxylic acids is 1. The summed E-state index contributed by atoms with van der Waals surface area (Å²) in [4.78, 5) is 9.82. The molecule has 2 aliphatic carbocycles. The van der Waals surface area contributed by atoms with Crippen LogP contribution < -0.4 is 5.48 Å². The summed E-state index contributed by atoms with van der Waals surface area (Å²) in [6, 6.07) is 0.0101. The summed E-state index contributed by atoms with van der Waals surface area (Å²) in [7, 11) is 0. The molecule has 0 aliphatic heterocycles. The van der Waals surface area contributed by atoms with Gasteiger partial charge in [-0.1, -0.05) is 68.9 Å². The van der Waals surface area contributed by atoms with Crippen LogP contribution in [0, 0.1) is 5.92 Å². The molecule has 1 aromatic heterocycles. The van der Waals surface area contributed by atoms with Gasteiger partial charge in [-0.15, -0.1) is 23.1 Å². The van der Waals surface area contributed by atoms with Gasteiger partial charge in [-0.2, -0.15) is 5.48 Å². The highest BCUT2D eigenvalue weighted by Crippen LogP contribution is 2.45. The van der Waals surface area contributed by atoms with Gasteiger partial charge in [-0.3, -0.25) is 4.79 Å². The van der Waals surface area contributed by atoms with Crippen molar-refractivity contribution in [3.8, 4) is 0 Å². The van der Waals surface area contributed by atoms with E-state index in [0.29, 0.717) is 12.5 Å². The van der Waals surface area contributed by atoms with Gasteiger partial charge in [0.15, 0.2) is 0 Å². The number of thioether (sulfide) groups is 1. The molecule has 0 aromatic carbocycles. The summed E-state index contributed by atoms with van der Waals surface area (Å²) in [5.41, 5.74) is 8.12. The van der Waals surface area contributed by atoms with E-state index in [1.165, 1.54) is 39.8 Å². The van der Waals surface area contributed by atoms with Crippen molar-refractivity contribution in [2.24, 2.45) is 5.92 Å². The zero-order chi connectivity index (χ0) is 25.5. The van der Waals surface area contributed by atoms with E-state index in [-0.39, 0.29) is 12.0 Å². The molecule has 1 heterocycles. The van der Waals surface area contributed by atoms with Crippen LogP contribution in [0.25, 0.3) is 0 Å². The number of nitrogens with one attached hydrogen (secondary N) is 1. The Morgan fingerprint density at radius 1 is 1.31 bits per heavy atom. The molecule has 0 saturated carbocycles. The minimum Gasteiger partial charge on any atom is -0.466 e. The number of hydrogen-bond donors (Lipinski definition) is 2. The summed E-state index contributed by atoms with van der Waals surface area (Å²) in [6.45, 7) is 8.07. The smallest absolute Gasteiger partial charge is 0.302 e. The Labute approximate surface area is 219 Å². The zero-order valence-corrected chi connectivity index (χ0v) is 23.2. The lowest BCUT2D eigenvalue weighted by atomic mass is 9.78. The van der Waals surface area contributed by atoms with E-state index in [2.05, 4.69) is 78.1 Å². The molecule has 4 nitrogen and oxygen atoms in total. The molecular formula is C29H41NO3S2. The number of ether oxygens (including phenoxy) is 1. The predicted molar refractivity (Wildman–Crippen MR) is 150 cm³/mol. The van der Waals surface area contributed by atoms with Crippen molar-refractivity contribution in [1.29, 1.82) is 0 Å². The largest absolute Gasteiger partial charge is 0.466 e. The lowest BCUT2D eigenvalue weighted by Gasteiger charge is -2.30. The van der Waals surface area contributed by atoms with Crippen molar-refractivity contribution < 1.29 is 14.7 Å². The molecule has 0 radical (unpaired) electrons. The maximum Gasteiger partial charge on any atom is 0.302 e. The highest BCUT2D eigenvalue weighted by molar-refractivity contribution is 8.01. The Hall–Kier alpha value is -1.86. The first-order chi connectivity index (χ1) is 17.0. The molecule has 0 fully saturated rings. The summed E-state index contributed by atoms with van der Waals surface area (Å²) >= 11 is 3.73. The normalized spacial score (nSPS) is 19.6. The van der Waals surface area contributed by atoms with Gasteiger partial charge in [0.25, 0.3) is 0 Å². The van der Waals surface area contributed by atoms with Crippen LogP contribution in [0.4, 0.5) is 0 Å². The van der Waals surface area contributed by atoms with Gasteiger partial charge in [0, 0.05) is 12.7 Å². The minimum absolute atomic E-state index is 0.0101. The highest BCUT2D eigenvalue weighted by Gasteiger charge is 2.31. The van der Waals surface area contributed by atoms with Crippen molar-refractivity contribution in [2.45, 2.75) is 76.5 Å². The van der Waals surface area contributed by atoms with E-state index >= 15 is 0 Å². The molecule has 2 atom stereocenters. The molecule has 2 aliphatic rings. The van der Waals surface area contributed by atoms with Gasteiger partial charge >= 0.3 is 5.97 Å². The third kappa shape index (κ3) is 9.96. The van der Waals surface area contributed by atoms with E-state index < -0.39 is 0 Å². The van der Waals surface area contributed by atoms with Gasteiger partial charge in [-0.25, -0.2) is 0 Å². The van der Waals surface area contributed by atoms with E-state index in [1.807, 2.05) is 23.1 Å². The first-order valence-corrected chi connectivity index (χ1v) is 14.5. The standard InChI is InChI=1S/C25H33NOS2.C4H8O2/c1-3-5-8-14-20(11-4-2)21-15-22-18-29-25(24(22)23(16-21)26-27)28-17-19-12-9-6-7-10-13-19;1-3-6-4(2)5/h6,8-14,18,21,23,26-27H,3-5,7,15-17H2,1-2H3;3H2,1-2H3/b14-8-,20-11+;. The predicted octanol–water partition coefficient (Wildman–Crippen LogP) is 8.13. The van der Waals surface area contributed by atoms with Gasteiger partial charge in [0.05, 0.1) is 16.9 Å². The number of hydroxylamine groups is 1. The molecule has 0 saturated heterocycles. The monoisotopic (exact) mass is 515 g/mol. The Balaban J connectivity index is 0.000000641. The fourth-order valence-electron chi connectivity index (χ4n) is 4.21. The molecule has 0 bridgehead atoms. The van der Waals surface area contributed by atoms with Crippen LogP contribution in [-0.4, -0.2) is 23.5 Å². The number of carbonyl (C=O) groups is 1. The molecular weight excluding hydrogens is 474 g/mol. The van der Waals surface area contributed by atoms with Crippen LogP contribution in [-0.2, 0) is 16.0 Å². The quantitative estimate of drug-likeness (QED) is 0.143. The average molecular weight is 516 g/mol. The van der Waals surface area contributed by atoms with Crippen molar-refractivity contribution >= 4 is 29.1 Å². The van der Waals surface area contributed by atoms with Crippen LogP contribution >= 0.6 is 23.1 Å². The van der Waals surface area contributed by atoms with Crippen LogP contribution in [0.15, 0.2) is 69.3 Å². The Bertz CT molecular complexity index is 940. The number of rotatable bonds is 10. The van der Waals surface area contributed by atoms with Crippen molar-refractivity contribution in [3.05, 3.63) is 76.3 Å². The first-order valence-electron chi connectivity index (χ1n) is 12.7. The van der Waals surface area contributed by atoms with E-state index in [0.717, 1.165) is 37.9 Å². The Morgan fingerprint density at radius 3 is 2.80 bits per heavy atom. The number of fused-ring (bicyclic) bond motifs is 1. The highest BCUT2D eigenvalue weighted by atomic mass is 32.2. The van der Waals surface area contributed by atoms with Gasteiger partial charge < -0.3 is 9.94 Å². The van der Waals surface area contributed by atoms with Gasteiger partial charge in [0.2, 0.25) is 0 Å². The second-order valence-corrected chi connectivity index (χ2v) is 10.7. The summed E-state index contributed by atoms with van der Waals surface area (Å²) < 4.78 is 5.75. The maximum atomic E-state index is 9.95. The van der Waals surface area contributed by atoms with Crippen LogP contribution in [0.3, 0.4) is 0 Å². The fraction of sp³-hybridized carbons (Fsp3) is 0.483. The van der Waals surface area contributed by atoms with Crippen LogP contribution in [0.2, 0.25) is 0 Å². The minimum atomic E-state index is -0.211. The second kappa shape index (κ2) is 16.7. The SMILES string of the molecule is CC/C=C(\C=C/CCC)C1Cc2csc(SCC3=CC=CCC=C3)c2C(NO)C1.CCOC(C)=O. The summed E-state index contributed by atoms with van der Waals surface area (Å²) in [5.74, 6) is 1.22. The lowest BCUT2D eigenvalue weighted by molar-refractivity contribution is -0.140. The van der Waals surface area contributed by atoms with Crippen LogP contribution in [0.1, 0.15) is 77.0 Å². The average Bonchev–Trinajstić information content (AvgIpc) is 3.07. The molecule has 1 aromatic rings. The van der Waals surface area contributed by atoms with E-state index in [4.69, 9.17) is 0 Å². The third-order valence-electron chi connectivity index (χ3n) is 5.81. The van der Waals surface area contributed by atoms with Crippen molar-refractivity contribution in [1.82, 2.24) is 5.48 Å². The van der Waals surface area contributed by atoms with E-state index in [9.17, 15) is 10.0 Å².